The predicted octanol–water partition coefficient (Wildman–Crippen LogP) is 0.502. The molecule has 0 radical (unpaired) electrons. The zero-order valence-electron chi connectivity index (χ0n) is 7.15. The molecule has 0 aromatic rings. The third-order valence-electron chi connectivity index (χ3n) is 1.52. The van der Waals surface area contributed by atoms with Gasteiger partial charge in [-0.25, -0.2) is 0 Å². The maximum absolute atomic E-state index is 2.48. The Morgan fingerprint density at radius 1 is 1.33 bits per heavy atom. The number of nitrogens with zero attached hydrogens (tertiary/aromatic N) is 1. The Morgan fingerprint density at radius 3 is 1.89 bits per heavy atom. The van der Waals surface area contributed by atoms with Gasteiger partial charge in [0.25, 0.3) is 0 Å². The van der Waals surface area contributed by atoms with Crippen molar-refractivity contribution < 1.29 is 0 Å². The summed E-state index contributed by atoms with van der Waals surface area (Å²) in [6.07, 6.45) is 0. The van der Waals surface area contributed by atoms with Crippen molar-refractivity contribution in [3.05, 3.63) is 0 Å². The number of hydrogen-bond acceptors (Lipinski definition) is 1. The van der Waals surface area contributed by atoms with Crippen LogP contribution in [-0.2, 0) is 0 Å². The van der Waals surface area contributed by atoms with E-state index in [0.717, 1.165) is 5.54 Å². The van der Waals surface area contributed by atoms with Crippen LogP contribution < -0.4 is 0 Å². The van der Waals surface area contributed by atoms with Crippen molar-refractivity contribution in [2.24, 2.45) is 0 Å². The molecule has 0 fully saturated rings. The average Bonchev–Trinajstić information content (AvgIpc) is 1.82. The maximum Gasteiger partial charge on any atom is 0.00800 e. The summed E-state index contributed by atoms with van der Waals surface area (Å²) < 4.78 is 0. The van der Waals surface area contributed by atoms with Gasteiger partial charge in [-0.3, -0.25) is 0 Å². The smallest absolute Gasteiger partial charge is 0.00800 e. The fourth-order valence-electron chi connectivity index (χ4n) is 0.998. The summed E-state index contributed by atoms with van der Waals surface area (Å²) >= 11 is 0. The van der Waals surface area contributed by atoms with E-state index in [4.69, 9.17) is 0 Å². The molecule has 1 atom stereocenters. The lowest BCUT2D eigenvalue weighted by Crippen LogP contribution is -2.26. The lowest BCUT2D eigenvalue weighted by atomic mass is 10.4. The van der Waals surface area contributed by atoms with Crippen molar-refractivity contribution in [1.82, 2.24) is 4.90 Å². The van der Waals surface area contributed by atoms with Gasteiger partial charge in [0.1, 0.15) is 0 Å². The molecule has 0 aliphatic rings. The molecule has 0 aliphatic carbocycles. The largest absolute Gasteiger partial charge is 0.304 e. The summed E-state index contributed by atoms with van der Waals surface area (Å²) in [5.41, 5.74) is 0.949. The predicted molar refractivity (Wildman–Crippen MR) is 47.2 cm³/mol. The Labute approximate surface area is 61.9 Å². The Balaban J connectivity index is 3.31. The Kier molecular flexibility index (Phi) is 5.10. The van der Waals surface area contributed by atoms with E-state index in [1.807, 2.05) is 0 Å². The van der Waals surface area contributed by atoms with Gasteiger partial charge in [-0.05, 0) is 25.2 Å². The topological polar surface area (TPSA) is 3.24 Å². The van der Waals surface area contributed by atoms with Crippen LogP contribution in [0.5, 0.6) is 0 Å². The quantitative estimate of drug-likeness (QED) is 0.521. The summed E-state index contributed by atoms with van der Waals surface area (Å²) in [5.74, 6) is 0. The second kappa shape index (κ2) is 5.00. The van der Waals surface area contributed by atoms with Crippen molar-refractivity contribution in [2.45, 2.75) is 26.3 Å². The number of hydrogen-bond donors (Lipinski definition) is 0. The molecule has 0 aliphatic heterocycles. The molecule has 0 amide bonds. The van der Waals surface area contributed by atoms with Crippen LogP contribution in [0.4, 0.5) is 0 Å². The lowest BCUT2D eigenvalue weighted by molar-refractivity contribution is 0.305. The maximum atomic E-state index is 2.48. The fraction of sp³-hybridized carbons (Fsp3) is 1.00. The van der Waals surface area contributed by atoms with Crippen LogP contribution in [-0.4, -0.2) is 34.8 Å². The van der Waals surface area contributed by atoms with Gasteiger partial charge in [0, 0.05) is 10.2 Å². The molecule has 0 aromatic heterocycles. The minimum atomic E-state index is 0.949. The highest BCUT2D eigenvalue weighted by atomic mass is 28.1. The van der Waals surface area contributed by atoms with E-state index in [9.17, 15) is 0 Å². The molecule has 2 heteroatoms. The highest BCUT2D eigenvalue weighted by Gasteiger charge is 2.00. The first-order valence-electron chi connectivity index (χ1n) is 3.93. The van der Waals surface area contributed by atoms with Gasteiger partial charge in [-0.1, -0.05) is 20.8 Å². The Morgan fingerprint density at radius 2 is 1.78 bits per heavy atom. The molecule has 0 saturated carbocycles. The number of rotatable bonds is 4. The first-order chi connectivity index (χ1) is 4.20. The molecule has 1 unspecified atom stereocenters. The second-order valence-electron chi connectivity index (χ2n) is 2.88. The van der Waals surface area contributed by atoms with Crippen LogP contribution in [0.25, 0.3) is 0 Å². The first-order valence-corrected chi connectivity index (χ1v) is 5.08. The van der Waals surface area contributed by atoms with Crippen molar-refractivity contribution in [3.8, 4) is 0 Å². The molecule has 0 heterocycles. The molecule has 0 bridgehead atoms. The minimum Gasteiger partial charge on any atom is -0.304 e. The van der Waals surface area contributed by atoms with E-state index in [1.165, 1.54) is 29.9 Å². The molecule has 0 rings (SSSR count). The van der Waals surface area contributed by atoms with Gasteiger partial charge < -0.3 is 4.90 Å². The van der Waals surface area contributed by atoms with Gasteiger partial charge in [0.15, 0.2) is 0 Å². The van der Waals surface area contributed by atoms with Gasteiger partial charge in [0.05, 0.1) is 0 Å². The van der Waals surface area contributed by atoms with Crippen molar-refractivity contribution in [2.75, 3.05) is 19.6 Å². The van der Waals surface area contributed by atoms with Crippen LogP contribution in [0.15, 0.2) is 0 Å². The van der Waals surface area contributed by atoms with Crippen LogP contribution >= 0.6 is 0 Å². The molecular formula is C7H19NSi. The van der Waals surface area contributed by atoms with Crippen LogP contribution in [0.2, 0.25) is 5.54 Å². The van der Waals surface area contributed by atoms with E-state index >= 15 is 0 Å². The highest BCUT2D eigenvalue weighted by molar-refractivity contribution is 6.11. The Bertz CT molecular complexity index is 59.9. The normalized spacial score (nSPS) is 14.7. The molecule has 56 valence electrons. The lowest BCUT2D eigenvalue weighted by Gasteiger charge is -2.19. The van der Waals surface area contributed by atoms with Crippen molar-refractivity contribution in [3.63, 3.8) is 0 Å². The molecule has 1 nitrogen and oxygen atoms in total. The van der Waals surface area contributed by atoms with Gasteiger partial charge >= 0.3 is 0 Å². The molecular weight excluding hydrogens is 126 g/mol. The fourth-order valence-corrected chi connectivity index (χ4v) is 1.51. The third-order valence-corrected chi connectivity index (χ3v) is 1.88. The highest BCUT2D eigenvalue weighted by Crippen LogP contribution is 1.98. The first kappa shape index (κ1) is 9.18. The summed E-state index contributed by atoms with van der Waals surface area (Å²) in [6.45, 7) is 10.5. The molecule has 0 saturated heterocycles. The van der Waals surface area contributed by atoms with E-state index in [1.54, 1.807) is 0 Å². The summed E-state index contributed by atoms with van der Waals surface area (Å²) in [6, 6.07) is 0. The summed E-state index contributed by atoms with van der Waals surface area (Å²) in [4.78, 5) is 2.48. The van der Waals surface area contributed by atoms with Crippen LogP contribution in [0, 0.1) is 0 Å². The van der Waals surface area contributed by atoms with E-state index in [2.05, 4.69) is 25.7 Å². The Hall–Kier alpha value is 0.177. The van der Waals surface area contributed by atoms with Gasteiger partial charge in [-0.15, -0.1) is 0 Å². The van der Waals surface area contributed by atoms with E-state index in [0.29, 0.717) is 0 Å². The zero-order chi connectivity index (χ0) is 7.28. The van der Waals surface area contributed by atoms with Gasteiger partial charge in [-0.2, -0.15) is 0 Å². The standard InChI is InChI=1S/C7H19NSi/c1-4-8(5-2)6-7(3)9/h7H,4-6H2,1-3,9H3. The summed E-state index contributed by atoms with van der Waals surface area (Å²) in [5, 5.41) is 0. The third kappa shape index (κ3) is 4.67. The zero-order valence-corrected chi connectivity index (χ0v) is 9.15. The van der Waals surface area contributed by atoms with Crippen molar-refractivity contribution in [1.29, 1.82) is 0 Å². The van der Waals surface area contributed by atoms with E-state index in [-0.39, 0.29) is 0 Å². The van der Waals surface area contributed by atoms with Crippen LogP contribution in [0.3, 0.4) is 0 Å². The molecule has 0 aromatic carbocycles. The minimum absolute atomic E-state index is 0.949. The SMILES string of the molecule is CCN(CC)CC(C)[SiH3]. The monoisotopic (exact) mass is 145 g/mol. The van der Waals surface area contributed by atoms with Crippen LogP contribution in [0.1, 0.15) is 20.8 Å². The van der Waals surface area contributed by atoms with Gasteiger partial charge in [0.2, 0.25) is 0 Å². The molecule has 0 N–H and O–H groups in total. The van der Waals surface area contributed by atoms with E-state index < -0.39 is 0 Å². The molecule has 0 spiro atoms. The second-order valence-corrected chi connectivity index (χ2v) is 4.85. The average molecular weight is 145 g/mol. The van der Waals surface area contributed by atoms with Crippen molar-refractivity contribution >= 4 is 10.2 Å². The molecule has 9 heavy (non-hydrogen) atoms. The summed E-state index contributed by atoms with van der Waals surface area (Å²) in [7, 11) is 1.33.